The van der Waals surface area contributed by atoms with Gasteiger partial charge in [0.2, 0.25) is 5.91 Å². The van der Waals surface area contributed by atoms with Crippen molar-refractivity contribution >= 4 is 17.9 Å². The number of aliphatic carboxylic acids is 1. The van der Waals surface area contributed by atoms with Crippen molar-refractivity contribution in [1.82, 2.24) is 10.6 Å². The number of rotatable bonds is 6. The summed E-state index contributed by atoms with van der Waals surface area (Å²) in [5, 5.41) is 14.2. The lowest BCUT2D eigenvalue weighted by Gasteiger charge is -2.32. The fraction of sp³-hybridized carbons (Fsp3) is 0.786. The van der Waals surface area contributed by atoms with E-state index >= 15 is 0 Å². The van der Waals surface area contributed by atoms with E-state index < -0.39 is 23.9 Å². The van der Waals surface area contributed by atoms with Gasteiger partial charge in [-0.05, 0) is 37.5 Å². The van der Waals surface area contributed by atoms with E-state index in [1.165, 1.54) is 0 Å². The Kier molecular flexibility index (Phi) is 6.45. The summed E-state index contributed by atoms with van der Waals surface area (Å²) in [6.07, 6.45) is 2.87. The van der Waals surface area contributed by atoms with Gasteiger partial charge in [-0.25, -0.2) is 9.59 Å². The number of carbonyl (C=O) groups excluding carboxylic acids is 2. The maximum atomic E-state index is 11.9. The Bertz CT molecular complexity index is 390. The van der Waals surface area contributed by atoms with Crippen LogP contribution < -0.4 is 16.4 Å². The van der Waals surface area contributed by atoms with Crippen molar-refractivity contribution in [1.29, 1.82) is 0 Å². The largest absolute Gasteiger partial charge is 0.480 e. The quantitative estimate of drug-likeness (QED) is 0.580. The van der Waals surface area contributed by atoms with Crippen molar-refractivity contribution in [3.63, 3.8) is 0 Å². The monoisotopic (exact) mass is 299 g/mol. The molecule has 3 atom stereocenters. The van der Waals surface area contributed by atoms with Gasteiger partial charge in [-0.2, -0.15) is 0 Å². The fourth-order valence-corrected chi connectivity index (χ4v) is 2.99. The fourth-order valence-electron chi connectivity index (χ4n) is 2.99. The van der Waals surface area contributed by atoms with Gasteiger partial charge in [-0.15, -0.1) is 0 Å². The van der Waals surface area contributed by atoms with Gasteiger partial charge in [0.1, 0.15) is 6.04 Å². The van der Waals surface area contributed by atoms with Crippen molar-refractivity contribution in [3.05, 3.63) is 0 Å². The third-order valence-corrected chi connectivity index (χ3v) is 3.80. The van der Waals surface area contributed by atoms with E-state index in [2.05, 4.69) is 24.5 Å². The van der Waals surface area contributed by atoms with E-state index in [9.17, 15) is 14.4 Å². The van der Waals surface area contributed by atoms with Crippen LogP contribution in [0.3, 0.4) is 0 Å². The topological polar surface area (TPSA) is 122 Å². The number of nitrogens with one attached hydrogen (secondary N) is 2. The molecule has 0 aromatic heterocycles. The summed E-state index contributed by atoms with van der Waals surface area (Å²) < 4.78 is 0. The first kappa shape index (κ1) is 17.3. The average molecular weight is 299 g/mol. The van der Waals surface area contributed by atoms with E-state index in [-0.39, 0.29) is 18.9 Å². The zero-order valence-electron chi connectivity index (χ0n) is 12.6. The predicted molar refractivity (Wildman–Crippen MR) is 77.5 cm³/mol. The number of carbonyl (C=O) groups is 3. The number of carboxylic acid groups (broad SMARTS) is 1. The van der Waals surface area contributed by atoms with Crippen molar-refractivity contribution in [3.8, 4) is 0 Å². The Labute approximate surface area is 124 Å². The normalized spacial score (nSPS) is 26.7. The molecule has 2 unspecified atom stereocenters. The van der Waals surface area contributed by atoms with Gasteiger partial charge in [-0.3, -0.25) is 4.79 Å². The van der Waals surface area contributed by atoms with E-state index in [4.69, 9.17) is 10.8 Å². The minimum absolute atomic E-state index is 0.00441. The van der Waals surface area contributed by atoms with Crippen LogP contribution in [0.2, 0.25) is 0 Å². The zero-order valence-corrected chi connectivity index (χ0v) is 12.6. The minimum Gasteiger partial charge on any atom is -0.480 e. The van der Waals surface area contributed by atoms with E-state index in [1.807, 2.05) is 0 Å². The molecule has 1 rings (SSSR count). The third-order valence-electron chi connectivity index (χ3n) is 3.80. The zero-order chi connectivity index (χ0) is 16.0. The van der Waals surface area contributed by atoms with Gasteiger partial charge in [0.05, 0.1) is 0 Å². The average Bonchev–Trinajstić information content (AvgIpc) is 2.32. The Morgan fingerprint density at radius 2 is 1.76 bits per heavy atom. The molecule has 7 heteroatoms. The number of nitrogens with two attached hydrogens (primary N) is 1. The Hall–Kier alpha value is -1.79. The van der Waals surface area contributed by atoms with Crippen LogP contribution in [0.5, 0.6) is 0 Å². The Balaban J connectivity index is 2.46. The Morgan fingerprint density at radius 1 is 1.19 bits per heavy atom. The predicted octanol–water partition coefficient (Wildman–Crippen LogP) is 0.829. The molecule has 0 aliphatic heterocycles. The lowest BCUT2D eigenvalue weighted by Crippen LogP contribution is -2.50. The van der Waals surface area contributed by atoms with Crippen molar-refractivity contribution < 1.29 is 19.5 Å². The number of hydrogen-bond donors (Lipinski definition) is 4. The molecule has 1 saturated carbocycles. The number of hydrogen-bond acceptors (Lipinski definition) is 3. The van der Waals surface area contributed by atoms with Gasteiger partial charge in [0.25, 0.3) is 0 Å². The van der Waals surface area contributed by atoms with Gasteiger partial charge >= 0.3 is 12.0 Å². The lowest BCUT2D eigenvalue weighted by atomic mass is 9.80. The molecule has 7 nitrogen and oxygen atoms in total. The lowest BCUT2D eigenvalue weighted by molar-refractivity contribution is -0.139. The molecule has 0 aromatic carbocycles. The molecule has 0 aromatic rings. The molecule has 0 saturated heterocycles. The summed E-state index contributed by atoms with van der Waals surface area (Å²) in [4.78, 5) is 33.6. The van der Waals surface area contributed by atoms with Gasteiger partial charge in [-0.1, -0.05) is 13.8 Å². The standard InChI is InChI=1S/C14H25N3O4/c1-8-5-9(2)7-10(6-8)16-14(21)17-11(13(19)20)3-4-12(15)18/h8-11H,3-7H2,1-2H3,(H2,15,18)(H,19,20)(H2,16,17,21)/t8?,9?,10?,11-/m1/s1. The molecule has 0 bridgehead atoms. The molecule has 5 N–H and O–H groups in total. The van der Waals surface area contributed by atoms with Crippen molar-refractivity contribution in [2.45, 2.75) is 58.0 Å². The van der Waals surface area contributed by atoms with E-state index in [0.29, 0.717) is 11.8 Å². The number of primary amides is 1. The Morgan fingerprint density at radius 3 is 2.24 bits per heavy atom. The molecule has 0 radical (unpaired) electrons. The summed E-state index contributed by atoms with van der Waals surface area (Å²) in [5.74, 6) is -0.663. The molecule has 1 aliphatic carbocycles. The second-order valence-electron chi connectivity index (χ2n) is 6.13. The second-order valence-corrected chi connectivity index (χ2v) is 6.13. The smallest absolute Gasteiger partial charge is 0.326 e. The SMILES string of the molecule is CC1CC(C)CC(NC(=O)N[C@H](CCC(N)=O)C(=O)O)C1. The first-order valence-corrected chi connectivity index (χ1v) is 7.36. The van der Waals surface area contributed by atoms with Crippen LogP contribution in [0.25, 0.3) is 0 Å². The molecule has 0 spiro atoms. The highest BCUT2D eigenvalue weighted by Crippen LogP contribution is 2.28. The van der Waals surface area contributed by atoms with E-state index in [0.717, 1.165) is 19.3 Å². The molecular weight excluding hydrogens is 274 g/mol. The maximum Gasteiger partial charge on any atom is 0.326 e. The second kappa shape index (κ2) is 7.85. The number of carboxylic acids is 1. The number of urea groups is 1. The van der Waals surface area contributed by atoms with Crippen LogP contribution in [-0.4, -0.2) is 35.1 Å². The number of amides is 3. The van der Waals surface area contributed by atoms with Gasteiger partial charge < -0.3 is 21.5 Å². The molecule has 120 valence electrons. The van der Waals surface area contributed by atoms with Crippen LogP contribution in [-0.2, 0) is 9.59 Å². The molecule has 1 fully saturated rings. The molecular formula is C14H25N3O4. The highest BCUT2D eigenvalue weighted by atomic mass is 16.4. The van der Waals surface area contributed by atoms with Crippen molar-refractivity contribution in [2.24, 2.45) is 17.6 Å². The minimum atomic E-state index is -1.17. The molecule has 21 heavy (non-hydrogen) atoms. The summed E-state index contributed by atoms with van der Waals surface area (Å²) in [6.45, 7) is 4.30. The first-order valence-electron chi connectivity index (χ1n) is 7.36. The highest BCUT2D eigenvalue weighted by molar-refractivity contribution is 5.83. The first-order chi connectivity index (χ1) is 9.77. The van der Waals surface area contributed by atoms with Crippen LogP contribution >= 0.6 is 0 Å². The third kappa shape index (κ3) is 6.46. The molecule has 3 amide bonds. The highest BCUT2D eigenvalue weighted by Gasteiger charge is 2.26. The molecule has 0 heterocycles. The summed E-state index contributed by atoms with van der Waals surface area (Å²) >= 11 is 0. The van der Waals surface area contributed by atoms with Crippen LogP contribution in [0.1, 0.15) is 46.0 Å². The van der Waals surface area contributed by atoms with Gasteiger partial charge in [0.15, 0.2) is 0 Å². The van der Waals surface area contributed by atoms with E-state index in [1.54, 1.807) is 0 Å². The van der Waals surface area contributed by atoms with Crippen LogP contribution in [0, 0.1) is 11.8 Å². The van der Waals surface area contributed by atoms with Crippen molar-refractivity contribution in [2.75, 3.05) is 0 Å². The summed E-state index contributed by atoms with van der Waals surface area (Å²) in [5.41, 5.74) is 4.99. The van der Waals surface area contributed by atoms with Crippen LogP contribution in [0.15, 0.2) is 0 Å². The van der Waals surface area contributed by atoms with Gasteiger partial charge in [0, 0.05) is 12.5 Å². The summed E-state index contributed by atoms with van der Waals surface area (Å²) in [7, 11) is 0. The maximum absolute atomic E-state index is 11.9. The molecule has 1 aliphatic rings. The summed E-state index contributed by atoms with van der Waals surface area (Å²) in [6, 6.07) is -1.54. The van der Waals surface area contributed by atoms with Crippen LogP contribution in [0.4, 0.5) is 4.79 Å².